The minimum absolute atomic E-state index is 0. The van der Waals surface area contributed by atoms with Crippen molar-refractivity contribution in [2.24, 2.45) is 0 Å². The van der Waals surface area contributed by atoms with Crippen molar-refractivity contribution in [3.63, 3.8) is 0 Å². The molecule has 0 saturated heterocycles. The van der Waals surface area contributed by atoms with E-state index in [0.717, 1.165) is 0 Å². The fourth-order valence-electron chi connectivity index (χ4n) is 1.05. The molecular weight excluding hydrogens is 432 g/mol. The summed E-state index contributed by atoms with van der Waals surface area (Å²) in [4.78, 5) is 21.4. The molecule has 0 aliphatic carbocycles. The molecule has 0 aliphatic rings. The number of carbonyl (C=O) groups excluding carboxylic acids is 2. The van der Waals surface area contributed by atoms with E-state index in [1.165, 1.54) is 13.8 Å². The van der Waals surface area contributed by atoms with Gasteiger partial charge < -0.3 is 18.6 Å². The molecule has 0 spiro atoms. The normalized spacial score (nSPS) is 10.5. The second kappa shape index (κ2) is 15.4. The first-order valence-electron chi connectivity index (χ1n) is 7.18. The molecule has 27 heavy (non-hydrogen) atoms. The van der Waals surface area contributed by atoms with E-state index < -0.39 is 43.7 Å². The van der Waals surface area contributed by atoms with E-state index in [-0.39, 0.29) is 74.9 Å². The number of hydrogen-bond acceptors (Lipinski definition) is 10. The van der Waals surface area contributed by atoms with Gasteiger partial charge in [-0.2, -0.15) is 0 Å². The van der Waals surface area contributed by atoms with Gasteiger partial charge in [0.2, 0.25) is 0 Å². The van der Waals surface area contributed by atoms with Crippen molar-refractivity contribution in [2.75, 3.05) is 24.7 Å². The molecule has 0 bridgehead atoms. The van der Waals surface area contributed by atoms with E-state index in [1.807, 2.05) is 0 Å². The Kier molecular flexibility index (Phi) is 17.8. The van der Waals surface area contributed by atoms with Gasteiger partial charge in [0.25, 0.3) is 0 Å². The molecule has 13 heteroatoms. The van der Waals surface area contributed by atoms with Gasteiger partial charge in [-0.25, -0.2) is 26.4 Å². The number of ether oxygens (including phenoxy) is 2. The Morgan fingerprint density at radius 1 is 0.778 bits per heavy atom. The van der Waals surface area contributed by atoms with Crippen LogP contribution in [0.25, 0.3) is 0 Å². The largest absolute Gasteiger partial charge is 2.00 e. The fourth-order valence-corrected chi connectivity index (χ4v) is 1.99. The summed E-state index contributed by atoms with van der Waals surface area (Å²) in [6.07, 6.45) is 0.0374. The molecule has 10 nitrogen and oxygen atoms in total. The Bertz CT molecular complexity index is 648. The van der Waals surface area contributed by atoms with Crippen molar-refractivity contribution in [3.8, 4) is 0 Å². The summed E-state index contributed by atoms with van der Waals surface area (Å²) in [6, 6.07) is 0. The number of carbonyl (C=O) groups is 2. The van der Waals surface area contributed by atoms with Crippen LogP contribution in [0.5, 0.6) is 0 Å². The number of rotatable bonds is 10. The average molecular weight is 455 g/mol. The molecule has 0 heterocycles. The average Bonchev–Trinajstić information content (AvgIpc) is 2.46. The zero-order valence-electron chi connectivity index (χ0n) is 15.3. The minimum atomic E-state index is -4.21. The van der Waals surface area contributed by atoms with E-state index in [1.54, 1.807) is 0 Å². The second-order valence-electron chi connectivity index (χ2n) is 5.06. The molecule has 0 aromatic carbocycles. The van der Waals surface area contributed by atoms with Crippen molar-refractivity contribution in [1.29, 1.82) is 0 Å². The van der Waals surface area contributed by atoms with E-state index in [0.29, 0.717) is 0 Å². The predicted octanol–water partition coefficient (Wildman–Crippen LogP) is -0.299. The smallest absolute Gasteiger partial charge is 0.748 e. The quantitative estimate of drug-likeness (QED) is 0.140. The van der Waals surface area contributed by atoms with Crippen LogP contribution in [-0.2, 0) is 39.3 Å². The maximum Gasteiger partial charge on any atom is 2.00 e. The van der Waals surface area contributed by atoms with Crippen molar-refractivity contribution in [2.45, 2.75) is 26.7 Å². The summed E-state index contributed by atoms with van der Waals surface area (Å²) in [5.41, 5.74) is 0.481. The first-order chi connectivity index (χ1) is 11.7. The zero-order chi connectivity index (χ0) is 21.0. The zero-order valence-corrected chi connectivity index (χ0v) is 19.1. The molecular formula is C14H22CaO10S2. The SMILES string of the molecule is C=C(C)C(=O)OCCCS(=O)(=O)[O-].C=C(C)C(=O)OCCCS(=O)(=O)[O-].[Ca+2]. The van der Waals surface area contributed by atoms with Crippen LogP contribution in [0.2, 0.25) is 0 Å². The van der Waals surface area contributed by atoms with Gasteiger partial charge >= 0.3 is 49.7 Å². The monoisotopic (exact) mass is 454 g/mol. The van der Waals surface area contributed by atoms with Gasteiger partial charge in [0, 0.05) is 22.7 Å². The third-order valence-corrected chi connectivity index (χ3v) is 3.82. The van der Waals surface area contributed by atoms with Crippen molar-refractivity contribution in [3.05, 3.63) is 24.3 Å². The molecule has 0 N–H and O–H groups in total. The number of hydrogen-bond donors (Lipinski definition) is 0. The number of esters is 2. The summed E-state index contributed by atoms with van der Waals surface area (Å²) in [5, 5.41) is 0. The summed E-state index contributed by atoms with van der Waals surface area (Å²) in [5.74, 6) is -2.20. The third kappa shape index (κ3) is 25.5. The minimum Gasteiger partial charge on any atom is -0.748 e. The van der Waals surface area contributed by atoms with Crippen LogP contribution in [0.4, 0.5) is 0 Å². The molecule has 0 amide bonds. The molecule has 0 aromatic rings. The van der Waals surface area contributed by atoms with Gasteiger partial charge in [-0.3, -0.25) is 0 Å². The molecule has 0 atom stereocenters. The van der Waals surface area contributed by atoms with E-state index in [4.69, 9.17) is 0 Å². The Morgan fingerprint density at radius 2 is 1.04 bits per heavy atom. The van der Waals surface area contributed by atoms with Gasteiger partial charge in [0.1, 0.15) is 0 Å². The molecule has 0 fully saturated rings. The summed E-state index contributed by atoms with van der Waals surface area (Å²) < 4.78 is 69.7. The van der Waals surface area contributed by atoms with Crippen molar-refractivity contribution >= 4 is 69.9 Å². The standard InChI is InChI=1S/2C7H12O5S.Ca/c2*1-6(2)7(8)12-4-3-5-13(9,10)11;/h2*1,3-5H2,2H3,(H,9,10,11);/q;;+2/p-2. The molecule has 0 rings (SSSR count). The van der Waals surface area contributed by atoms with E-state index in [2.05, 4.69) is 22.6 Å². The Morgan fingerprint density at radius 3 is 1.22 bits per heavy atom. The van der Waals surface area contributed by atoms with Gasteiger partial charge in [0.05, 0.1) is 33.5 Å². The topological polar surface area (TPSA) is 167 Å². The van der Waals surface area contributed by atoms with Crippen LogP contribution >= 0.6 is 0 Å². The Labute approximate surface area is 189 Å². The second-order valence-corrected chi connectivity index (χ2v) is 8.11. The fraction of sp³-hybridized carbons (Fsp3) is 0.571. The summed E-state index contributed by atoms with van der Waals surface area (Å²) in [7, 11) is -8.41. The van der Waals surface area contributed by atoms with Crippen LogP contribution < -0.4 is 0 Å². The van der Waals surface area contributed by atoms with Gasteiger partial charge in [-0.05, 0) is 26.7 Å². The van der Waals surface area contributed by atoms with E-state index >= 15 is 0 Å². The van der Waals surface area contributed by atoms with Crippen LogP contribution in [0.15, 0.2) is 24.3 Å². The maximum absolute atomic E-state index is 10.7. The first-order valence-corrected chi connectivity index (χ1v) is 10.3. The van der Waals surface area contributed by atoms with Crippen LogP contribution in [0.3, 0.4) is 0 Å². The van der Waals surface area contributed by atoms with E-state index in [9.17, 15) is 35.5 Å². The van der Waals surface area contributed by atoms with Gasteiger partial charge in [-0.1, -0.05) is 13.2 Å². The van der Waals surface area contributed by atoms with Crippen LogP contribution in [-0.4, -0.2) is 100 Å². The molecule has 0 radical (unpaired) electrons. The van der Waals surface area contributed by atoms with Crippen molar-refractivity contribution < 1.29 is 45.0 Å². The Balaban J connectivity index is -0.000000411. The van der Waals surface area contributed by atoms with Gasteiger partial charge in [-0.15, -0.1) is 0 Å². The molecule has 0 aliphatic heterocycles. The maximum atomic E-state index is 10.7. The van der Waals surface area contributed by atoms with Crippen LogP contribution in [0.1, 0.15) is 26.7 Å². The Hall–Kier alpha value is -0.500. The summed E-state index contributed by atoms with van der Waals surface area (Å²) in [6.45, 7) is 9.46. The third-order valence-electron chi connectivity index (χ3n) is 2.24. The predicted molar refractivity (Wildman–Crippen MR) is 95.7 cm³/mol. The summed E-state index contributed by atoms with van der Waals surface area (Å²) >= 11 is 0. The molecule has 152 valence electrons. The van der Waals surface area contributed by atoms with Crippen LogP contribution in [0, 0.1) is 0 Å². The van der Waals surface area contributed by atoms with Gasteiger partial charge in [0.15, 0.2) is 0 Å². The first kappa shape index (κ1) is 31.2. The van der Waals surface area contributed by atoms with Crippen molar-refractivity contribution in [1.82, 2.24) is 0 Å². The molecule has 0 aromatic heterocycles. The molecule has 0 unspecified atom stereocenters. The molecule has 0 saturated carbocycles.